The van der Waals surface area contributed by atoms with Crippen molar-refractivity contribution in [3.05, 3.63) is 41.9 Å². The second-order valence-electron chi connectivity index (χ2n) is 5.44. The topological polar surface area (TPSA) is 57.0 Å². The molecule has 0 fully saturated rings. The molecule has 0 saturated heterocycles. The third kappa shape index (κ3) is 2.73. The summed E-state index contributed by atoms with van der Waals surface area (Å²) in [7, 11) is 0. The van der Waals surface area contributed by atoms with E-state index < -0.39 is 0 Å². The van der Waals surface area contributed by atoms with Gasteiger partial charge in [0.1, 0.15) is 11.5 Å². The van der Waals surface area contributed by atoms with Crippen LogP contribution in [0, 0.1) is 12.8 Å². The van der Waals surface area contributed by atoms with Crippen molar-refractivity contribution >= 4 is 0 Å². The van der Waals surface area contributed by atoms with Crippen molar-refractivity contribution in [3.8, 4) is 0 Å². The highest BCUT2D eigenvalue weighted by molar-refractivity contribution is 5.15. The van der Waals surface area contributed by atoms with E-state index in [1.807, 2.05) is 31.6 Å². The van der Waals surface area contributed by atoms with Crippen LogP contribution in [0.5, 0.6) is 0 Å². The lowest BCUT2D eigenvalue weighted by molar-refractivity contribution is 0.406. The van der Waals surface area contributed by atoms with Gasteiger partial charge < -0.3 is 14.7 Å². The number of hydrogen-bond acceptors (Lipinski definition) is 3. The van der Waals surface area contributed by atoms with Crippen molar-refractivity contribution in [3.63, 3.8) is 0 Å². The highest BCUT2D eigenvalue weighted by Gasteiger charge is 2.22. The van der Waals surface area contributed by atoms with Gasteiger partial charge in [-0.3, -0.25) is 0 Å². The van der Waals surface area contributed by atoms with Crippen LogP contribution in [0.2, 0.25) is 0 Å². The number of aromatic nitrogens is 2. The maximum Gasteiger partial charge on any atom is 0.126 e. The van der Waals surface area contributed by atoms with Crippen LogP contribution in [0.3, 0.4) is 0 Å². The molecule has 0 saturated carbocycles. The van der Waals surface area contributed by atoms with Gasteiger partial charge in [0, 0.05) is 24.4 Å². The number of hydrogen-bond donors (Lipinski definition) is 1. The van der Waals surface area contributed by atoms with Crippen molar-refractivity contribution in [2.45, 2.75) is 39.7 Å². The Kier molecular flexibility index (Phi) is 4.10. The van der Waals surface area contributed by atoms with Gasteiger partial charge in [-0.15, -0.1) is 0 Å². The molecule has 2 aromatic heterocycles. The molecule has 0 amide bonds. The molecule has 0 aliphatic rings. The third-order valence-corrected chi connectivity index (χ3v) is 3.72. The van der Waals surface area contributed by atoms with Crippen molar-refractivity contribution < 1.29 is 4.42 Å². The second-order valence-corrected chi connectivity index (χ2v) is 5.44. The number of nitrogens with zero attached hydrogens (tertiary/aromatic N) is 2. The van der Waals surface area contributed by atoms with Gasteiger partial charge >= 0.3 is 0 Å². The van der Waals surface area contributed by atoms with Crippen molar-refractivity contribution in [1.29, 1.82) is 0 Å². The van der Waals surface area contributed by atoms with E-state index in [2.05, 4.69) is 30.3 Å². The highest BCUT2D eigenvalue weighted by Crippen LogP contribution is 2.28. The normalized spacial score (nSPS) is 14.8. The Morgan fingerprint density at radius 1 is 1.32 bits per heavy atom. The van der Waals surface area contributed by atoms with Crippen LogP contribution >= 0.6 is 0 Å². The Morgan fingerprint density at radius 2 is 2.05 bits per heavy atom. The van der Waals surface area contributed by atoms with E-state index in [-0.39, 0.29) is 6.04 Å². The number of furan rings is 1. The van der Waals surface area contributed by atoms with E-state index in [1.54, 1.807) is 0 Å². The third-order valence-electron chi connectivity index (χ3n) is 3.72. The van der Waals surface area contributed by atoms with Gasteiger partial charge in [0.2, 0.25) is 0 Å². The number of nitrogens with two attached hydrogens (primary N) is 1. The minimum atomic E-state index is 0.138. The molecule has 2 rings (SSSR count). The first-order chi connectivity index (χ1) is 9.04. The molecule has 2 unspecified atom stereocenters. The monoisotopic (exact) mass is 261 g/mol. The highest BCUT2D eigenvalue weighted by atomic mass is 16.3. The maximum absolute atomic E-state index is 5.91. The summed E-state index contributed by atoms with van der Waals surface area (Å²) in [6.07, 6.45) is 3.78. The Morgan fingerprint density at radius 3 is 2.58 bits per heavy atom. The number of rotatable bonds is 5. The molecule has 2 atom stereocenters. The molecule has 2 heterocycles. The van der Waals surface area contributed by atoms with Gasteiger partial charge in [0.15, 0.2) is 0 Å². The average Bonchev–Trinajstić information content (AvgIpc) is 2.98. The fourth-order valence-electron chi connectivity index (χ4n) is 2.48. The zero-order valence-electron chi connectivity index (χ0n) is 12.1. The summed E-state index contributed by atoms with van der Waals surface area (Å²) in [5.74, 6) is 2.70. The maximum atomic E-state index is 5.91. The minimum Gasteiger partial charge on any atom is -0.464 e. The second kappa shape index (κ2) is 5.61. The van der Waals surface area contributed by atoms with E-state index in [9.17, 15) is 0 Å². The van der Waals surface area contributed by atoms with Crippen molar-refractivity contribution in [1.82, 2.24) is 9.55 Å². The van der Waals surface area contributed by atoms with Crippen LogP contribution in [0.1, 0.15) is 49.9 Å². The first-order valence-electron chi connectivity index (χ1n) is 6.82. The predicted octanol–water partition coefficient (Wildman–Crippen LogP) is 3.09. The summed E-state index contributed by atoms with van der Waals surface area (Å²) in [4.78, 5) is 4.29. The molecule has 0 aromatic carbocycles. The van der Waals surface area contributed by atoms with E-state index >= 15 is 0 Å². The molecule has 0 radical (unpaired) electrons. The first-order valence-corrected chi connectivity index (χ1v) is 6.82. The lowest BCUT2D eigenvalue weighted by Crippen LogP contribution is -2.22. The minimum absolute atomic E-state index is 0.138. The van der Waals surface area contributed by atoms with Crippen LogP contribution < -0.4 is 5.73 Å². The van der Waals surface area contributed by atoms with E-state index in [0.29, 0.717) is 18.4 Å². The molecule has 104 valence electrons. The predicted molar refractivity (Wildman–Crippen MR) is 76.1 cm³/mol. The van der Waals surface area contributed by atoms with E-state index in [4.69, 9.17) is 10.2 Å². The van der Waals surface area contributed by atoms with Gasteiger partial charge in [0.25, 0.3) is 0 Å². The molecule has 0 spiro atoms. The summed E-state index contributed by atoms with van der Waals surface area (Å²) in [5, 5.41) is 0. The smallest absolute Gasteiger partial charge is 0.126 e. The van der Waals surface area contributed by atoms with Gasteiger partial charge in [0.05, 0.1) is 12.4 Å². The molecular weight excluding hydrogens is 238 g/mol. The first kappa shape index (κ1) is 13.9. The summed E-state index contributed by atoms with van der Waals surface area (Å²) in [6, 6.07) is 4.15. The molecule has 19 heavy (non-hydrogen) atoms. The fourth-order valence-corrected chi connectivity index (χ4v) is 2.48. The Balaban J connectivity index is 2.33. The Labute approximate surface area is 114 Å². The largest absolute Gasteiger partial charge is 0.464 e. The van der Waals surface area contributed by atoms with Gasteiger partial charge in [-0.05, 0) is 31.9 Å². The zero-order valence-corrected chi connectivity index (χ0v) is 12.1. The molecular formula is C15H23N3O. The zero-order chi connectivity index (χ0) is 14.0. The number of imidazole rings is 1. The lowest BCUT2D eigenvalue weighted by atomic mass is 9.92. The van der Waals surface area contributed by atoms with Crippen LogP contribution in [0.4, 0.5) is 0 Å². The van der Waals surface area contributed by atoms with Crippen LogP contribution in [-0.4, -0.2) is 16.1 Å². The van der Waals surface area contributed by atoms with Gasteiger partial charge in [-0.1, -0.05) is 13.8 Å². The van der Waals surface area contributed by atoms with Gasteiger partial charge in [-0.25, -0.2) is 4.98 Å². The van der Waals surface area contributed by atoms with Crippen molar-refractivity contribution in [2.75, 3.05) is 6.54 Å². The summed E-state index contributed by atoms with van der Waals surface area (Å²) in [5.41, 5.74) is 7.09. The fraction of sp³-hybridized carbons (Fsp3) is 0.533. The van der Waals surface area contributed by atoms with Crippen molar-refractivity contribution in [2.24, 2.45) is 11.7 Å². The molecule has 0 aliphatic carbocycles. The van der Waals surface area contributed by atoms with E-state index in [0.717, 1.165) is 11.5 Å². The van der Waals surface area contributed by atoms with E-state index in [1.165, 1.54) is 5.69 Å². The standard InChI is InChI=1S/C15H23N3O/c1-10(2)13(7-16)14-8-17-9-18(14)12(4)15-6-5-11(3)19-15/h5-6,8-10,12-13H,7,16H2,1-4H3. The quantitative estimate of drug-likeness (QED) is 0.899. The molecule has 4 heteroatoms. The summed E-state index contributed by atoms with van der Waals surface area (Å²) >= 11 is 0. The Bertz CT molecular complexity index is 527. The molecule has 2 aromatic rings. The number of aryl methyl sites for hydroxylation is 1. The SMILES string of the molecule is Cc1ccc(C(C)n2cncc2C(CN)C(C)C)o1. The van der Waals surface area contributed by atoms with Crippen LogP contribution in [0.25, 0.3) is 0 Å². The van der Waals surface area contributed by atoms with Crippen LogP contribution in [0.15, 0.2) is 29.1 Å². The molecule has 4 nitrogen and oxygen atoms in total. The summed E-state index contributed by atoms with van der Waals surface area (Å²) < 4.78 is 7.88. The Hall–Kier alpha value is -1.55. The molecule has 2 N–H and O–H groups in total. The van der Waals surface area contributed by atoms with Gasteiger partial charge in [-0.2, -0.15) is 0 Å². The average molecular weight is 261 g/mol. The summed E-state index contributed by atoms with van der Waals surface area (Å²) in [6.45, 7) is 9.10. The molecule has 0 aliphatic heterocycles. The van der Waals surface area contributed by atoms with Crippen LogP contribution in [-0.2, 0) is 0 Å². The molecule has 0 bridgehead atoms. The lowest BCUT2D eigenvalue weighted by Gasteiger charge is -2.23.